The zero-order chi connectivity index (χ0) is 30.2. The van der Waals surface area contributed by atoms with Crippen molar-refractivity contribution >= 4 is 23.6 Å². The molecule has 1 N–H and O–H groups in total. The number of aromatic nitrogens is 2. The van der Waals surface area contributed by atoms with Gasteiger partial charge in [0.15, 0.2) is 5.69 Å². The number of hydrogen-bond donors (Lipinski definition) is 1. The van der Waals surface area contributed by atoms with Crippen LogP contribution >= 0.6 is 0 Å². The predicted molar refractivity (Wildman–Crippen MR) is 158 cm³/mol. The number of amides is 4. The Kier molecular flexibility index (Phi) is 10.6. The Morgan fingerprint density at radius 3 is 2.57 bits per heavy atom. The Hall–Kier alpha value is -3.89. The van der Waals surface area contributed by atoms with Crippen molar-refractivity contribution in [3.63, 3.8) is 0 Å². The van der Waals surface area contributed by atoms with Gasteiger partial charge in [-0.15, -0.1) is 0 Å². The van der Waals surface area contributed by atoms with Crippen LogP contribution in [0.1, 0.15) is 61.3 Å². The van der Waals surface area contributed by atoms with Crippen LogP contribution in [-0.4, -0.2) is 101 Å². The van der Waals surface area contributed by atoms with Gasteiger partial charge >= 0.3 is 0 Å². The fraction of sp³-hybridized carbons (Fsp3) is 0.581. The summed E-state index contributed by atoms with van der Waals surface area (Å²) in [5, 5.41) is 7.46. The summed E-state index contributed by atoms with van der Waals surface area (Å²) in [5.74, 6) is 0.285. The van der Waals surface area contributed by atoms with Crippen LogP contribution in [0.5, 0.6) is 5.75 Å². The van der Waals surface area contributed by atoms with Gasteiger partial charge < -0.3 is 24.8 Å². The smallest absolute Gasteiger partial charge is 0.272 e. The van der Waals surface area contributed by atoms with Gasteiger partial charge in [0.1, 0.15) is 5.75 Å². The summed E-state index contributed by atoms with van der Waals surface area (Å²) in [6.45, 7) is 5.69. The normalized spacial score (nSPS) is 19.1. The number of carbonyl (C=O) groups is 4. The van der Waals surface area contributed by atoms with Gasteiger partial charge in [0.25, 0.3) is 5.91 Å². The maximum atomic E-state index is 13.4. The monoisotopic (exact) mass is 580 g/mol. The standard InChI is InChI=1S/C31H44N6O5/c1-22(2)20-37-21-29(40)34(3)23-12-13-26-25(19-23)30(33-35(26)4)31(41)32-15-17-36(16-8-11-27(37)38)28(39)14-18-42-24-9-6-5-7-10-24/h5-7,9-10,22-23H,8,11-21H2,1-4H3,(H,32,41). The third kappa shape index (κ3) is 7.89. The molecule has 0 saturated carbocycles. The molecule has 42 heavy (non-hydrogen) atoms. The predicted octanol–water partition coefficient (Wildman–Crippen LogP) is 2.04. The molecular weight excluding hydrogens is 536 g/mol. The third-order valence-electron chi connectivity index (χ3n) is 8.02. The number of rotatable bonds is 6. The fourth-order valence-electron chi connectivity index (χ4n) is 5.72. The first-order chi connectivity index (χ1) is 20.1. The van der Waals surface area contributed by atoms with Crippen LogP contribution in [-0.2, 0) is 34.3 Å². The molecule has 4 amide bonds. The first-order valence-corrected chi connectivity index (χ1v) is 15.0. The zero-order valence-electron chi connectivity index (χ0n) is 25.3. The maximum Gasteiger partial charge on any atom is 0.272 e. The van der Waals surface area contributed by atoms with E-state index in [9.17, 15) is 19.2 Å². The van der Waals surface area contributed by atoms with E-state index in [-0.39, 0.29) is 68.1 Å². The lowest BCUT2D eigenvalue weighted by molar-refractivity contribution is -0.141. The molecule has 0 saturated heterocycles. The topological polar surface area (TPSA) is 117 Å². The number of para-hydroxylation sites is 1. The lowest BCUT2D eigenvalue weighted by Crippen LogP contribution is -2.47. The molecule has 4 rings (SSSR count). The Balaban J connectivity index is 1.52. The minimum Gasteiger partial charge on any atom is -0.493 e. The Labute approximate surface area is 248 Å². The second-order valence-corrected chi connectivity index (χ2v) is 11.6. The van der Waals surface area contributed by atoms with E-state index in [1.165, 1.54) is 0 Å². The van der Waals surface area contributed by atoms with Crippen molar-refractivity contribution < 1.29 is 23.9 Å². The van der Waals surface area contributed by atoms with Crippen molar-refractivity contribution in [2.24, 2.45) is 13.0 Å². The highest BCUT2D eigenvalue weighted by molar-refractivity contribution is 5.94. The quantitative estimate of drug-likeness (QED) is 0.559. The summed E-state index contributed by atoms with van der Waals surface area (Å²) in [7, 11) is 3.62. The molecule has 0 spiro atoms. The molecule has 1 aromatic carbocycles. The summed E-state index contributed by atoms with van der Waals surface area (Å²) < 4.78 is 7.47. The van der Waals surface area contributed by atoms with Gasteiger partial charge in [-0.2, -0.15) is 5.10 Å². The average molecular weight is 581 g/mol. The summed E-state index contributed by atoms with van der Waals surface area (Å²) in [4.78, 5) is 58.2. The third-order valence-corrected chi connectivity index (χ3v) is 8.02. The van der Waals surface area contributed by atoms with E-state index in [1.54, 1.807) is 26.4 Å². The number of carbonyl (C=O) groups excluding carboxylic acids is 4. The number of benzene rings is 1. The van der Waals surface area contributed by atoms with E-state index >= 15 is 0 Å². The molecule has 11 nitrogen and oxygen atoms in total. The number of nitrogens with one attached hydrogen (secondary N) is 1. The first-order valence-electron chi connectivity index (χ1n) is 15.0. The minimum atomic E-state index is -0.288. The summed E-state index contributed by atoms with van der Waals surface area (Å²) in [6, 6.07) is 9.23. The molecule has 1 aliphatic heterocycles. The Morgan fingerprint density at radius 1 is 1.07 bits per heavy atom. The SMILES string of the molecule is CC(C)CN1CC(=O)N(C)C2CCc3c(c(nn3C)C(=O)NCCN(C(=O)CCOc3ccccc3)CCCC1=O)C2. The molecule has 2 heterocycles. The summed E-state index contributed by atoms with van der Waals surface area (Å²) in [6.07, 6.45) is 2.84. The molecule has 0 radical (unpaired) electrons. The molecule has 2 bridgehead atoms. The van der Waals surface area contributed by atoms with E-state index in [0.29, 0.717) is 50.3 Å². The van der Waals surface area contributed by atoms with E-state index in [0.717, 1.165) is 17.7 Å². The molecule has 1 aromatic heterocycles. The number of likely N-dealkylation sites (N-methyl/N-ethyl adjacent to an activating group) is 1. The molecule has 228 valence electrons. The Morgan fingerprint density at radius 2 is 1.83 bits per heavy atom. The van der Waals surface area contributed by atoms with Crippen LogP contribution in [0.3, 0.4) is 0 Å². The molecule has 1 atom stereocenters. The largest absolute Gasteiger partial charge is 0.493 e. The second-order valence-electron chi connectivity index (χ2n) is 11.6. The van der Waals surface area contributed by atoms with Crippen molar-refractivity contribution in [2.45, 2.75) is 58.4 Å². The zero-order valence-corrected chi connectivity index (χ0v) is 25.3. The van der Waals surface area contributed by atoms with Gasteiger partial charge in [-0.3, -0.25) is 23.9 Å². The van der Waals surface area contributed by atoms with Crippen LogP contribution in [0.15, 0.2) is 30.3 Å². The lowest BCUT2D eigenvalue weighted by atomic mass is 9.90. The fourth-order valence-corrected chi connectivity index (χ4v) is 5.72. The van der Waals surface area contributed by atoms with E-state index in [4.69, 9.17) is 4.74 Å². The number of aryl methyl sites for hydroxylation is 1. The number of fused-ring (bicyclic) bond motifs is 1. The molecule has 2 aromatic rings. The molecule has 1 aliphatic carbocycles. The van der Waals surface area contributed by atoms with Gasteiger partial charge in [0, 0.05) is 64.0 Å². The summed E-state index contributed by atoms with van der Waals surface area (Å²) in [5.41, 5.74) is 2.23. The van der Waals surface area contributed by atoms with Gasteiger partial charge in [-0.1, -0.05) is 32.0 Å². The highest BCUT2D eigenvalue weighted by atomic mass is 16.5. The van der Waals surface area contributed by atoms with E-state index < -0.39 is 0 Å². The van der Waals surface area contributed by atoms with Crippen molar-refractivity contribution in [1.29, 1.82) is 0 Å². The molecule has 11 heteroatoms. The van der Waals surface area contributed by atoms with Crippen LogP contribution in [0.2, 0.25) is 0 Å². The molecule has 2 aliphatic rings. The number of ether oxygens (including phenoxy) is 1. The summed E-state index contributed by atoms with van der Waals surface area (Å²) >= 11 is 0. The molecule has 0 fully saturated rings. The van der Waals surface area contributed by atoms with Crippen LogP contribution < -0.4 is 10.1 Å². The average Bonchev–Trinajstić information content (AvgIpc) is 3.30. The minimum absolute atomic E-state index is 0.0106. The van der Waals surface area contributed by atoms with E-state index in [1.807, 2.05) is 51.2 Å². The molecular formula is C31H44N6O5. The lowest BCUT2D eigenvalue weighted by Gasteiger charge is -2.34. The van der Waals surface area contributed by atoms with Crippen LogP contribution in [0, 0.1) is 5.92 Å². The van der Waals surface area contributed by atoms with Crippen molar-refractivity contribution in [1.82, 2.24) is 29.8 Å². The first kappa shape index (κ1) is 31.1. The van der Waals surface area contributed by atoms with Crippen molar-refractivity contribution in [3.8, 4) is 5.75 Å². The van der Waals surface area contributed by atoms with Crippen LogP contribution in [0.4, 0.5) is 0 Å². The van der Waals surface area contributed by atoms with Gasteiger partial charge in [-0.25, -0.2) is 0 Å². The second kappa shape index (κ2) is 14.3. The van der Waals surface area contributed by atoms with Crippen molar-refractivity contribution in [3.05, 3.63) is 47.3 Å². The Bertz CT molecular complexity index is 1260. The van der Waals surface area contributed by atoms with Gasteiger partial charge in [-0.05, 0) is 43.7 Å². The van der Waals surface area contributed by atoms with Gasteiger partial charge in [0.05, 0.1) is 19.6 Å². The van der Waals surface area contributed by atoms with Crippen molar-refractivity contribution in [2.75, 3.05) is 46.4 Å². The number of hydrogen-bond acceptors (Lipinski definition) is 6. The van der Waals surface area contributed by atoms with E-state index in [2.05, 4.69) is 10.4 Å². The maximum absolute atomic E-state index is 13.4. The molecule has 1 unspecified atom stereocenters. The van der Waals surface area contributed by atoms with Gasteiger partial charge in [0.2, 0.25) is 17.7 Å². The van der Waals surface area contributed by atoms with Crippen LogP contribution in [0.25, 0.3) is 0 Å². The highest BCUT2D eigenvalue weighted by Gasteiger charge is 2.32. The number of nitrogens with zero attached hydrogens (tertiary/aromatic N) is 5. The highest BCUT2D eigenvalue weighted by Crippen LogP contribution is 2.27.